The molecule has 1 heterocycles. The molecule has 1 aliphatic carbocycles. The molecule has 0 spiro atoms. The van der Waals surface area contributed by atoms with Gasteiger partial charge in [-0.2, -0.15) is 0 Å². The number of hydrogen-bond acceptors (Lipinski definition) is 4. The van der Waals surface area contributed by atoms with Crippen molar-refractivity contribution in [3.8, 4) is 5.75 Å². The number of aliphatic hydroxyl groups is 1. The van der Waals surface area contributed by atoms with Crippen LogP contribution in [-0.2, 0) is 6.61 Å². The molecule has 1 amide bonds. The Kier molecular flexibility index (Phi) is 5.76. The third kappa shape index (κ3) is 4.86. The molecule has 1 saturated carbocycles. The summed E-state index contributed by atoms with van der Waals surface area (Å²) in [5, 5.41) is 13.5. The average Bonchev–Trinajstić information content (AvgIpc) is 3.00. The molecule has 2 N–H and O–H groups in total. The first-order valence-electron chi connectivity index (χ1n) is 8.91. The molecular formula is C20H25NO4. The number of amides is 1. The van der Waals surface area contributed by atoms with Gasteiger partial charge in [-0.15, -0.1) is 0 Å². The largest absolute Gasteiger partial charge is 0.489 e. The fourth-order valence-electron chi connectivity index (χ4n) is 3.21. The second-order valence-corrected chi connectivity index (χ2v) is 6.70. The SMILES string of the molecule is O=C(NCC1(O)CCCCCC1)c1occc1COc1ccccc1. The highest BCUT2D eigenvalue weighted by Crippen LogP contribution is 2.26. The van der Waals surface area contributed by atoms with E-state index < -0.39 is 5.60 Å². The molecule has 1 fully saturated rings. The van der Waals surface area contributed by atoms with Crippen LogP contribution >= 0.6 is 0 Å². The van der Waals surface area contributed by atoms with Gasteiger partial charge >= 0.3 is 0 Å². The number of hydrogen-bond donors (Lipinski definition) is 2. The molecule has 0 saturated heterocycles. The standard InChI is InChI=1S/C20H25NO4/c22-19(21-15-20(23)11-6-1-2-7-12-20)18-16(10-13-24-18)14-25-17-8-4-3-5-9-17/h3-5,8-10,13,23H,1-2,6-7,11-12,14-15H2,(H,21,22). The number of carbonyl (C=O) groups excluding carboxylic acids is 1. The van der Waals surface area contributed by atoms with Gasteiger partial charge in [0.05, 0.1) is 11.9 Å². The molecule has 134 valence electrons. The minimum atomic E-state index is -0.806. The van der Waals surface area contributed by atoms with E-state index in [1.807, 2.05) is 30.3 Å². The Labute approximate surface area is 148 Å². The Morgan fingerprint density at radius 1 is 1.12 bits per heavy atom. The lowest BCUT2D eigenvalue weighted by Crippen LogP contribution is -2.42. The lowest BCUT2D eigenvalue weighted by molar-refractivity contribution is 0.0242. The van der Waals surface area contributed by atoms with Crippen LogP contribution in [0.1, 0.15) is 54.6 Å². The van der Waals surface area contributed by atoms with Gasteiger partial charge in [-0.05, 0) is 31.0 Å². The summed E-state index contributed by atoms with van der Waals surface area (Å²) >= 11 is 0. The van der Waals surface area contributed by atoms with Crippen molar-refractivity contribution in [2.45, 2.75) is 50.7 Å². The number of rotatable bonds is 6. The molecule has 0 aliphatic heterocycles. The zero-order chi connectivity index (χ0) is 17.5. The monoisotopic (exact) mass is 343 g/mol. The van der Waals surface area contributed by atoms with Crippen molar-refractivity contribution >= 4 is 5.91 Å². The van der Waals surface area contributed by atoms with Gasteiger partial charge in [0.2, 0.25) is 0 Å². The second kappa shape index (κ2) is 8.21. The lowest BCUT2D eigenvalue weighted by Gasteiger charge is -2.26. The molecule has 1 aromatic heterocycles. The van der Waals surface area contributed by atoms with Crippen molar-refractivity contribution in [1.82, 2.24) is 5.32 Å². The molecule has 25 heavy (non-hydrogen) atoms. The maximum Gasteiger partial charge on any atom is 0.287 e. The molecule has 5 heteroatoms. The highest BCUT2D eigenvalue weighted by molar-refractivity contribution is 5.92. The van der Waals surface area contributed by atoms with E-state index in [2.05, 4.69) is 5.32 Å². The Morgan fingerprint density at radius 3 is 2.56 bits per heavy atom. The third-order valence-corrected chi connectivity index (χ3v) is 4.70. The summed E-state index contributed by atoms with van der Waals surface area (Å²) < 4.78 is 11.0. The van der Waals surface area contributed by atoms with Crippen molar-refractivity contribution < 1.29 is 19.1 Å². The number of carbonyl (C=O) groups is 1. The van der Waals surface area contributed by atoms with Crippen LogP contribution in [0.5, 0.6) is 5.75 Å². The van der Waals surface area contributed by atoms with Crippen LogP contribution in [0, 0.1) is 0 Å². The Bertz CT molecular complexity index is 672. The first-order valence-corrected chi connectivity index (χ1v) is 8.91. The molecule has 3 rings (SSSR count). The fourth-order valence-corrected chi connectivity index (χ4v) is 3.21. The predicted octanol–water partition coefficient (Wildman–Crippen LogP) is 3.67. The summed E-state index contributed by atoms with van der Waals surface area (Å²) in [6.07, 6.45) is 7.25. The van der Waals surface area contributed by atoms with Crippen LogP contribution in [0.4, 0.5) is 0 Å². The number of benzene rings is 1. The van der Waals surface area contributed by atoms with E-state index in [0.717, 1.165) is 44.3 Å². The maximum atomic E-state index is 12.4. The predicted molar refractivity (Wildman–Crippen MR) is 94.5 cm³/mol. The van der Waals surface area contributed by atoms with E-state index >= 15 is 0 Å². The van der Waals surface area contributed by atoms with Gasteiger partial charge in [-0.1, -0.05) is 43.9 Å². The zero-order valence-corrected chi connectivity index (χ0v) is 14.4. The van der Waals surface area contributed by atoms with Crippen LogP contribution < -0.4 is 10.1 Å². The van der Waals surface area contributed by atoms with Gasteiger partial charge in [-0.25, -0.2) is 0 Å². The van der Waals surface area contributed by atoms with Crippen molar-refractivity contribution in [1.29, 1.82) is 0 Å². The smallest absolute Gasteiger partial charge is 0.287 e. The molecule has 1 aromatic carbocycles. The molecule has 0 bridgehead atoms. The van der Waals surface area contributed by atoms with Crippen LogP contribution in [0.3, 0.4) is 0 Å². The lowest BCUT2D eigenvalue weighted by atomic mass is 9.94. The summed E-state index contributed by atoms with van der Waals surface area (Å²) in [6.45, 7) is 0.513. The minimum absolute atomic E-state index is 0.244. The van der Waals surface area contributed by atoms with Gasteiger partial charge in [-0.3, -0.25) is 4.79 Å². The van der Waals surface area contributed by atoms with Gasteiger partial charge in [0.25, 0.3) is 5.91 Å². The molecule has 0 atom stereocenters. The van der Waals surface area contributed by atoms with E-state index in [0.29, 0.717) is 5.56 Å². The number of para-hydroxylation sites is 1. The first-order chi connectivity index (χ1) is 12.2. The first kappa shape index (κ1) is 17.5. The molecule has 0 radical (unpaired) electrons. The summed E-state index contributed by atoms with van der Waals surface area (Å²) in [7, 11) is 0. The molecule has 2 aromatic rings. The van der Waals surface area contributed by atoms with Crippen LogP contribution in [0.2, 0.25) is 0 Å². The average molecular weight is 343 g/mol. The topological polar surface area (TPSA) is 71.7 Å². The molecule has 5 nitrogen and oxygen atoms in total. The summed E-state index contributed by atoms with van der Waals surface area (Å²) in [5.74, 6) is 0.672. The number of nitrogens with one attached hydrogen (secondary N) is 1. The van der Waals surface area contributed by atoms with Crippen molar-refractivity contribution in [3.63, 3.8) is 0 Å². The zero-order valence-electron chi connectivity index (χ0n) is 14.4. The minimum Gasteiger partial charge on any atom is -0.489 e. The third-order valence-electron chi connectivity index (χ3n) is 4.70. The van der Waals surface area contributed by atoms with Crippen LogP contribution in [0.25, 0.3) is 0 Å². The fraction of sp³-hybridized carbons (Fsp3) is 0.450. The molecule has 1 aliphatic rings. The maximum absolute atomic E-state index is 12.4. The summed E-state index contributed by atoms with van der Waals surface area (Å²) in [4.78, 5) is 12.4. The van der Waals surface area contributed by atoms with E-state index in [1.165, 1.54) is 6.26 Å². The van der Waals surface area contributed by atoms with E-state index in [1.54, 1.807) is 6.07 Å². The van der Waals surface area contributed by atoms with Crippen LogP contribution in [-0.4, -0.2) is 23.2 Å². The Morgan fingerprint density at radius 2 is 1.84 bits per heavy atom. The van der Waals surface area contributed by atoms with Gasteiger partial charge in [0.15, 0.2) is 5.76 Å². The normalized spacial score (nSPS) is 16.8. The molecule has 0 unspecified atom stereocenters. The van der Waals surface area contributed by atoms with Crippen molar-refractivity contribution in [3.05, 3.63) is 54.0 Å². The number of ether oxygens (including phenoxy) is 1. The van der Waals surface area contributed by atoms with Gasteiger partial charge in [0.1, 0.15) is 12.4 Å². The van der Waals surface area contributed by atoms with E-state index in [4.69, 9.17) is 9.15 Å². The number of furan rings is 1. The highest BCUT2D eigenvalue weighted by atomic mass is 16.5. The van der Waals surface area contributed by atoms with E-state index in [9.17, 15) is 9.90 Å². The summed E-state index contributed by atoms with van der Waals surface area (Å²) in [5.41, 5.74) is -0.117. The molecular weight excluding hydrogens is 318 g/mol. The van der Waals surface area contributed by atoms with Crippen molar-refractivity contribution in [2.24, 2.45) is 0 Å². The second-order valence-electron chi connectivity index (χ2n) is 6.70. The highest BCUT2D eigenvalue weighted by Gasteiger charge is 2.29. The van der Waals surface area contributed by atoms with Crippen LogP contribution in [0.15, 0.2) is 47.1 Å². The quantitative estimate of drug-likeness (QED) is 0.785. The van der Waals surface area contributed by atoms with Gasteiger partial charge < -0.3 is 19.6 Å². The summed E-state index contributed by atoms with van der Waals surface area (Å²) in [6, 6.07) is 11.2. The van der Waals surface area contributed by atoms with Crippen molar-refractivity contribution in [2.75, 3.05) is 6.54 Å². The van der Waals surface area contributed by atoms with Gasteiger partial charge in [0, 0.05) is 12.1 Å². The Balaban J connectivity index is 1.56. The Hall–Kier alpha value is -2.27. The van der Waals surface area contributed by atoms with E-state index in [-0.39, 0.29) is 24.8 Å².